The second-order valence-electron chi connectivity index (χ2n) is 3.92. The van der Waals surface area contributed by atoms with E-state index in [0.29, 0.717) is 0 Å². The van der Waals surface area contributed by atoms with Crippen LogP contribution in [0.4, 0.5) is 14.5 Å². The molecule has 1 N–H and O–H groups in total. The first kappa shape index (κ1) is 11.6. The van der Waals surface area contributed by atoms with Crippen molar-refractivity contribution in [1.29, 1.82) is 0 Å². The van der Waals surface area contributed by atoms with Gasteiger partial charge in [-0.05, 0) is 48.9 Å². The molecule has 1 nitrogen and oxygen atoms in total. The van der Waals surface area contributed by atoms with Crippen molar-refractivity contribution in [3.05, 3.63) is 65.7 Å². The molecule has 3 heteroatoms. The average molecular weight is 233 g/mol. The summed E-state index contributed by atoms with van der Waals surface area (Å²) < 4.78 is 25.5. The van der Waals surface area contributed by atoms with Crippen LogP contribution in [0.15, 0.2) is 48.5 Å². The van der Waals surface area contributed by atoms with Gasteiger partial charge in [-0.25, -0.2) is 8.78 Å². The van der Waals surface area contributed by atoms with Gasteiger partial charge in [0.25, 0.3) is 0 Å². The molecule has 0 radical (unpaired) electrons. The van der Waals surface area contributed by atoms with E-state index in [1.807, 2.05) is 6.92 Å². The summed E-state index contributed by atoms with van der Waals surface area (Å²) in [6.45, 7) is 1.97. The topological polar surface area (TPSA) is 12.0 Å². The SMILES string of the molecule is CC(Nc1ccc(F)cc1)c1ccc(F)cc1. The fourth-order valence-electron chi connectivity index (χ4n) is 1.63. The first-order valence-electron chi connectivity index (χ1n) is 5.43. The minimum absolute atomic E-state index is 0.0426. The first-order chi connectivity index (χ1) is 8.15. The lowest BCUT2D eigenvalue weighted by atomic mass is 10.1. The van der Waals surface area contributed by atoms with E-state index < -0.39 is 0 Å². The van der Waals surface area contributed by atoms with Crippen LogP contribution in [0.2, 0.25) is 0 Å². The van der Waals surface area contributed by atoms with E-state index >= 15 is 0 Å². The van der Waals surface area contributed by atoms with Crippen LogP contribution < -0.4 is 5.32 Å². The molecule has 0 heterocycles. The normalized spacial score (nSPS) is 12.2. The second-order valence-corrected chi connectivity index (χ2v) is 3.92. The number of hydrogen-bond donors (Lipinski definition) is 1. The minimum atomic E-state index is -0.259. The summed E-state index contributed by atoms with van der Waals surface area (Å²) in [4.78, 5) is 0. The van der Waals surface area contributed by atoms with Crippen LogP contribution in [0, 0.1) is 11.6 Å². The lowest BCUT2D eigenvalue weighted by molar-refractivity contribution is 0.626. The molecule has 2 rings (SSSR count). The Morgan fingerprint density at radius 3 is 1.82 bits per heavy atom. The Hall–Kier alpha value is -1.90. The highest BCUT2D eigenvalue weighted by atomic mass is 19.1. The summed E-state index contributed by atoms with van der Waals surface area (Å²) in [5, 5.41) is 3.22. The van der Waals surface area contributed by atoms with E-state index in [-0.39, 0.29) is 17.7 Å². The van der Waals surface area contributed by atoms with Gasteiger partial charge < -0.3 is 5.32 Å². The van der Waals surface area contributed by atoms with Crippen molar-refractivity contribution < 1.29 is 8.78 Å². The summed E-state index contributed by atoms with van der Waals surface area (Å²) >= 11 is 0. The highest BCUT2D eigenvalue weighted by Crippen LogP contribution is 2.19. The van der Waals surface area contributed by atoms with Crippen molar-refractivity contribution in [2.75, 3.05) is 5.32 Å². The van der Waals surface area contributed by atoms with E-state index in [9.17, 15) is 8.78 Å². The largest absolute Gasteiger partial charge is 0.379 e. The molecule has 17 heavy (non-hydrogen) atoms. The molecule has 0 aliphatic carbocycles. The number of halogens is 2. The molecule has 88 valence electrons. The number of anilines is 1. The van der Waals surface area contributed by atoms with Crippen molar-refractivity contribution in [3.63, 3.8) is 0 Å². The zero-order valence-electron chi connectivity index (χ0n) is 9.45. The maximum absolute atomic E-state index is 12.8. The summed E-state index contributed by atoms with van der Waals surface area (Å²) in [7, 11) is 0. The van der Waals surface area contributed by atoms with Crippen LogP contribution in [0.5, 0.6) is 0 Å². The maximum atomic E-state index is 12.8. The van der Waals surface area contributed by atoms with Crippen LogP contribution in [-0.4, -0.2) is 0 Å². The number of benzene rings is 2. The quantitative estimate of drug-likeness (QED) is 0.840. The second kappa shape index (κ2) is 4.95. The lowest BCUT2D eigenvalue weighted by Crippen LogP contribution is -2.06. The first-order valence-corrected chi connectivity index (χ1v) is 5.43. The molecule has 0 amide bonds. The molecule has 0 bridgehead atoms. The Labute approximate surface area is 99.1 Å². The fraction of sp³-hybridized carbons (Fsp3) is 0.143. The average Bonchev–Trinajstić information content (AvgIpc) is 2.33. The van der Waals surface area contributed by atoms with E-state index in [4.69, 9.17) is 0 Å². The zero-order valence-corrected chi connectivity index (χ0v) is 9.45. The smallest absolute Gasteiger partial charge is 0.123 e. The number of rotatable bonds is 3. The Bertz CT molecular complexity index is 477. The monoisotopic (exact) mass is 233 g/mol. The summed E-state index contributed by atoms with van der Waals surface area (Å²) in [5.74, 6) is -0.507. The van der Waals surface area contributed by atoms with Gasteiger partial charge in [0.2, 0.25) is 0 Å². The molecule has 1 unspecified atom stereocenters. The zero-order chi connectivity index (χ0) is 12.3. The molecule has 0 aromatic heterocycles. The van der Waals surface area contributed by atoms with Gasteiger partial charge in [-0.3, -0.25) is 0 Å². The molecule has 0 aliphatic rings. The molecule has 0 saturated heterocycles. The van der Waals surface area contributed by atoms with E-state index in [2.05, 4.69) is 5.32 Å². The van der Waals surface area contributed by atoms with Crippen molar-refractivity contribution in [2.24, 2.45) is 0 Å². The van der Waals surface area contributed by atoms with Crippen molar-refractivity contribution in [1.82, 2.24) is 0 Å². The fourth-order valence-corrected chi connectivity index (χ4v) is 1.63. The molecule has 0 spiro atoms. The minimum Gasteiger partial charge on any atom is -0.379 e. The standard InChI is InChI=1S/C14H13F2N/c1-10(11-2-4-12(15)5-3-11)17-14-8-6-13(16)7-9-14/h2-10,17H,1H3. The molecule has 0 saturated carbocycles. The molecule has 0 aliphatic heterocycles. The maximum Gasteiger partial charge on any atom is 0.123 e. The summed E-state index contributed by atoms with van der Waals surface area (Å²) in [6.07, 6.45) is 0. The van der Waals surface area contributed by atoms with Crippen molar-refractivity contribution >= 4 is 5.69 Å². The molecule has 0 fully saturated rings. The van der Waals surface area contributed by atoms with Crippen LogP contribution >= 0.6 is 0 Å². The highest BCUT2D eigenvalue weighted by Gasteiger charge is 2.05. The van der Waals surface area contributed by atoms with Crippen molar-refractivity contribution in [3.8, 4) is 0 Å². The van der Waals surface area contributed by atoms with Crippen LogP contribution in [0.25, 0.3) is 0 Å². The van der Waals surface area contributed by atoms with Crippen LogP contribution in [-0.2, 0) is 0 Å². The Morgan fingerprint density at radius 1 is 0.824 bits per heavy atom. The predicted octanol–water partition coefficient (Wildman–Crippen LogP) is 4.14. The van der Waals surface area contributed by atoms with Gasteiger partial charge in [-0.2, -0.15) is 0 Å². The number of nitrogens with one attached hydrogen (secondary N) is 1. The molecule has 2 aromatic rings. The van der Waals surface area contributed by atoms with E-state index in [0.717, 1.165) is 11.3 Å². The Morgan fingerprint density at radius 2 is 1.29 bits per heavy atom. The van der Waals surface area contributed by atoms with Gasteiger partial charge in [-0.1, -0.05) is 12.1 Å². The van der Waals surface area contributed by atoms with Gasteiger partial charge in [-0.15, -0.1) is 0 Å². The lowest BCUT2D eigenvalue weighted by Gasteiger charge is -2.15. The predicted molar refractivity (Wildman–Crippen MR) is 64.8 cm³/mol. The molecular formula is C14H13F2N. The molecular weight excluding hydrogens is 220 g/mol. The third-order valence-electron chi connectivity index (χ3n) is 2.60. The summed E-state index contributed by atoms with van der Waals surface area (Å²) in [6, 6.07) is 12.5. The van der Waals surface area contributed by atoms with E-state index in [1.54, 1.807) is 24.3 Å². The highest BCUT2D eigenvalue weighted by molar-refractivity contribution is 5.45. The number of hydrogen-bond acceptors (Lipinski definition) is 1. The Balaban J connectivity index is 2.08. The molecule has 1 atom stereocenters. The van der Waals surface area contributed by atoms with Gasteiger partial charge >= 0.3 is 0 Å². The third kappa shape index (κ3) is 3.03. The van der Waals surface area contributed by atoms with Crippen LogP contribution in [0.1, 0.15) is 18.5 Å². The van der Waals surface area contributed by atoms with Gasteiger partial charge in [0, 0.05) is 11.7 Å². The van der Waals surface area contributed by atoms with Gasteiger partial charge in [0.05, 0.1) is 0 Å². The third-order valence-corrected chi connectivity index (χ3v) is 2.60. The Kier molecular flexibility index (Phi) is 3.38. The molecule has 2 aromatic carbocycles. The summed E-state index contributed by atoms with van der Waals surface area (Å²) in [5.41, 5.74) is 1.82. The van der Waals surface area contributed by atoms with Gasteiger partial charge in [0.1, 0.15) is 11.6 Å². The van der Waals surface area contributed by atoms with Crippen molar-refractivity contribution in [2.45, 2.75) is 13.0 Å². The van der Waals surface area contributed by atoms with E-state index in [1.165, 1.54) is 24.3 Å². The van der Waals surface area contributed by atoms with Crippen LogP contribution in [0.3, 0.4) is 0 Å². The van der Waals surface area contributed by atoms with Gasteiger partial charge in [0.15, 0.2) is 0 Å².